The van der Waals surface area contributed by atoms with Crippen molar-refractivity contribution in [2.45, 2.75) is 19.3 Å². The highest BCUT2D eigenvalue weighted by Crippen LogP contribution is 2.26. The van der Waals surface area contributed by atoms with Gasteiger partial charge in [-0.15, -0.1) is 0 Å². The average Bonchev–Trinajstić information content (AvgIpc) is 2.33. The topological polar surface area (TPSA) is 25.8 Å². The standard InChI is InChI=1S/C13H14N2/c1-2-13(11-3-7-14-8-4-11)12-5-9-15-10-6-12/h3-10,13H,2H2,1H3. The largest absolute Gasteiger partial charge is 0.265 e. The molecule has 2 nitrogen and oxygen atoms in total. The number of hydrogen-bond donors (Lipinski definition) is 0. The molecule has 0 N–H and O–H groups in total. The minimum atomic E-state index is 0.455. The van der Waals surface area contributed by atoms with Crippen molar-refractivity contribution in [2.24, 2.45) is 0 Å². The van der Waals surface area contributed by atoms with E-state index >= 15 is 0 Å². The Kier molecular flexibility index (Phi) is 3.08. The summed E-state index contributed by atoms with van der Waals surface area (Å²) < 4.78 is 0. The summed E-state index contributed by atoms with van der Waals surface area (Å²) in [5, 5.41) is 0. The molecule has 2 aromatic rings. The van der Waals surface area contributed by atoms with E-state index in [1.54, 1.807) is 0 Å². The maximum atomic E-state index is 4.04. The molecule has 0 saturated carbocycles. The maximum Gasteiger partial charge on any atom is 0.0270 e. The van der Waals surface area contributed by atoms with Gasteiger partial charge in [0.2, 0.25) is 0 Å². The van der Waals surface area contributed by atoms with E-state index < -0.39 is 0 Å². The molecule has 0 radical (unpaired) electrons. The van der Waals surface area contributed by atoms with Gasteiger partial charge in [0.05, 0.1) is 0 Å². The SMILES string of the molecule is CCC(c1ccncc1)c1ccncc1. The van der Waals surface area contributed by atoms with E-state index in [0.29, 0.717) is 5.92 Å². The lowest BCUT2D eigenvalue weighted by Gasteiger charge is -2.14. The molecule has 0 bridgehead atoms. The normalized spacial score (nSPS) is 10.5. The summed E-state index contributed by atoms with van der Waals surface area (Å²) in [5.74, 6) is 0.455. The lowest BCUT2D eigenvalue weighted by Crippen LogP contribution is -1.99. The molecule has 0 aromatic carbocycles. The van der Waals surface area contributed by atoms with Gasteiger partial charge in [0.15, 0.2) is 0 Å². The van der Waals surface area contributed by atoms with Gasteiger partial charge >= 0.3 is 0 Å². The molecule has 2 heteroatoms. The lowest BCUT2D eigenvalue weighted by molar-refractivity contribution is 0.773. The Bertz CT molecular complexity index is 358. The molecular weight excluding hydrogens is 184 g/mol. The third-order valence-electron chi connectivity index (χ3n) is 2.63. The zero-order valence-electron chi connectivity index (χ0n) is 8.80. The predicted octanol–water partition coefficient (Wildman–Crippen LogP) is 3.02. The molecule has 0 unspecified atom stereocenters. The summed E-state index contributed by atoms with van der Waals surface area (Å²) in [6.07, 6.45) is 8.48. The quantitative estimate of drug-likeness (QED) is 0.757. The molecule has 2 aromatic heterocycles. The van der Waals surface area contributed by atoms with Gasteiger partial charge in [-0.25, -0.2) is 0 Å². The number of nitrogens with zero attached hydrogens (tertiary/aromatic N) is 2. The summed E-state index contributed by atoms with van der Waals surface area (Å²) in [6, 6.07) is 8.31. The zero-order valence-corrected chi connectivity index (χ0v) is 8.80. The second-order valence-electron chi connectivity index (χ2n) is 3.52. The molecule has 2 rings (SSSR count). The van der Waals surface area contributed by atoms with Crippen LogP contribution in [0.3, 0.4) is 0 Å². The van der Waals surface area contributed by atoms with Crippen molar-refractivity contribution in [1.29, 1.82) is 0 Å². The first-order valence-electron chi connectivity index (χ1n) is 5.21. The Morgan fingerprint density at radius 3 is 1.60 bits per heavy atom. The van der Waals surface area contributed by atoms with Crippen LogP contribution in [0, 0.1) is 0 Å². The van der Waals surface area contributed by atoms with Gasteiger partial charge in [0.1, 0.15) is 0 Å². The van der Waals surface area contributed by atoms with Gasteiger partial charge in [-0.2, -0.15) is 0 Å². The van der Waals surface area contributed by atoms with E-state index in [9.17, 15) is 0 Å². The van der Waals surface area contributed by atoms with Crippen LogP contribution in [0.15, 0.2) is 49.1 Å². The van der Waals surface area contributed by atoms with Crippen molar-refractivity contribution in [3.63, 3.8) is 0 Å². The Labute approximate surface area is 90.0 Å². The average molecular weight is 198 g/mol. The van der Waals surface area contributed by atoms with E-state index in [1.807, 2.05) is 24.8 Å². The molecule has 0 fully saturated rings. The molecule has 0 spiro atoms. The minimum Gasteiger partial charge on any atom is -0.265 e. The Balaban J connectivity index is 2.34. The molecule has 0 aliphatic rings. The highest BCUT2D eigenvalue weighted by Gasteiger charge is 2.10. The number of hydrogen-bond acceptors (Lipinski definition) is 2. The van der Waals surface area contributed by atoms with Crippen LogP contribution in [0.4, 0.5) is 0 Å². The molecule has 0 amide bonds. The van der Waals surface area contributed by atoms with Crippen molar-refractivity contribution in [3.8, 4) is 0 Å². The Morgan fingerprint density at radius 2 is 1.27 bits per heavy atom. The van der Waals surface area contributed by atoms with Gasteiger partial charge in [0, 0.05) is 30.7 Å². The minimum absolute atomic E-state index is 0.455. The monoisotopic (exact) mass is 198 g/mol. The van der Waals surface area contributed by atoms with Gasteiger partial charge in [-0.3, -0.25) is 9.97 Å². The van der Waals surface area contributed by atoms with E-state index in [2.05, 4.69) is 41.2 Å². The van der Waals surface area contributed by atoms with Crippen LogP contribution in [-0.4, -0.2) is 9.97 Å². The van der Waals surface area contributed by atoms with Gasteiger partial charge in [0.25, 0.3) is 0 Å². The van der Waals surface area contributed by atoms with Crippen LogP contribution in [0.5, 0.6) is 0 Å². The molecular formula is C13H14N2. The summed E-state index contributed by atoms with van der Waals surface area (Å²) in [5.41, 5.74) is 2.64. The predicted molar refractivity (Wildman–Crippen MR) is 60.6 cm³/mol. The van der Waals surface area contributed by atoms with Gasteiger partial charge < -0.3 is 0 Å². The van der Waals surface area contributed by atoms with Crippen molar-refractivity contribution in [3.05, 3.63) is 60.2 Å². The molecule has 15 heavy (non-hydrogen) atoms. The fraction of sp³-hybridized carbons (Fsp3) is 0.231. The van der Waals surface area contributed by atoms with E-state index in [-0.39, 0.29) is 0 Å². The summed E-state index contributed by atoms with van der Waals surface area (Å²) in [4.78, 5) is 8.09. The number of rotatable bonds is 3. The van der Waals surface area contributed by atoms with Crippen molar-refractivity contribution < 1.29 is 0 Å². The van der Waals surface area contributed by atoms with Crippen LogP contribution in [0.1, 0.15) is 30.4 Å². The van der Waals surface area contributed by atoms with Crippen LogP contribution < -0.4 is 0 Å². The summed E-state index contributed by atoms with van der Waals surface area (Å²) in [7, 11) is 0. The van der Waals surface area contributed by atoms with Crippen molar-refractivity contribution in [1.82, 2.24) is 9.97 Å². The lowest BCUT2D eigenvalue weighted by atomic mass is 9.91. The fourth-order valence-corrected chi connectivity index (χ4v) is 1.86. The highest BCUT2D eigenvalue weighted by atomic mass is 14.6. The smallest absolute Gasteiger partial charge is 0.0270 e. The molecule has 0 aliphatic heterocycles. The second kappa shape index (κ2) is 4.69. The fourth-order valence-electron chi connectivity index (χ4n) is 1.86. The first-order chi connectivity index (χ1) is 7.42. The first kappa shape index (κ1) is 9.84. The first-order valence-corrected chi connectivity index (χ1v) is 5.21. The van der Waals surface area contributed by atoms with Crippen molar-refractivity contribution in [2.75, 3.05) is 0 Å². The highest BCUT2D eigenvalue weighted by molar-refractivity contribution is 5.29. The number of aromatic nitrogens is 2. The van der Waals surface area contributed by atoms with Crippen LogP contribution in [-0.2, 0) is 0 Å². The Morgan fingerprint density at radius 1 is 0.867 bits per heavy atom. The summed E-state index contributed by atoms with van der Waals surface area (Å²) >= 11 is 0. The molecule has 2 heterocycles. The molecule has 0 aliphatic carbocycles. The van der Waals surface area contributed by atoms with Crippen LogP contribution in [0.2, 0.25) is 0 Å². The van der Waals surface area contributed by atoms with Gasteiger partial charge in [-0.1, -0.05) is 6.92 Å². The van der Waals surface area contributed by atoms with E-state index in [0.717, 1.165) is 6.42 Å². The van der Waals surface area contributed by atoms with Gasteiger partial charge in [-0.05, 0) is 41.8 Å². The van der Waals surface area contributed by atoms with Crippen LogP contribution in [0.25, 0.3) is 0 Å². The Hall–Kier alpha value is -1.70. The zero-order chi connectivity index (χ0) is 10.5. The third-order valence-corrected chi connectivity index (χ3v) is 2.63. The molecule has 76 valence electrons. The van der Waals surface area contributed by atoms with Crippen LogP contribution >= 0.6 is 0 Å². The molecule has 0 saturated heterocycles. The second-order valence-corrected chi connectivity index (χ2v) is 3.52. The van der Waals surface area contributed by atoms with E-state index in [1.165, 1.54) is 11.1 Å². The molecule has 0 atom stereocenters. The third kappa shape index (κ3) is 2.21. The summed E-state index contributed by atoms with van der Waals surface area (Å²) in [6.45, 7) is 2.20. The van der Waals surface area contributed by atoms with Crippen molar-refractivity contribution >= 4 is 0 Å². The van der Waals surface area contributed by atoms with E-state index in [4.69, 9.17) is 0 Å². The number of pyridine rings is 2. The maximum absolute atomic E-state index is 4.04.